The van der Waals surface area contributed by atoms with Crippen LogP contribution in [0, 0.1) is 11.6 Å². The standard InChI is InChI=1S/C26H34F2N4O4/c1-16-14-32(15-17(2)35-16)26(34)25(29)20-4-3-5-22(20)30-13-24(33)31-10-8-19(9-11-31)36-23-12-18(27)6-7-21(23)28/h6-7,12,16-17,19H,3-5,8-11,13-15,29H2,1-2H3/b25-20-,30-22?/t16-,17+. The fourth-order valence-electron chi connectivity index (χ4n) is 5.07. The Morgan fingerprint density at radius 3 is 2.50 bits per heavy atom. The molecule has 0 spiro atoms. The van der Waals surface area contributed by atoms with Gasteiger partial charge in [0.1, 0.15) is 24.2 Å². The van der Waals surface area contributed by atoms with Crippen LogP contribution in [0.5, 0.6) is 5.75 Å². The molecule has 2 N–H and O–H groups in total. The maximum Gasteiger partial charge on any atom is 0.270 e. The van der Waals surface area contributed by atoms with Gasteiger partial charge in [-0.25, -0.2) is 8.78 Å². The molecule has 3 aliphatic rings. The molecule has 1 aliphatic carbocycles. The lowest BCUT2D eigenvalue weighted by molar-refractivity contribution is -0.139. The van der Waals surface area contributed by atoms with Crippen molar-refractivity contribution >= 4 is 17.5 Å². The summed E-state index contributed by atoms with van der Waals surface area (Å²) in [7, 11) is 0. The molecule has 0 unspecified atom stereocenters. The highest BCUT2D eigenvalue weighted by atomic mass is 19.1. The van der Waals surface area contributed by atoms with E-state index in [9.17, 15) is 18.4 Å². The number of carbonyl (C=O) groups excluding carboxylic acids is 2. The number of hydrogen-bond donors (Lipinski definition) is 1. The third-order valence-electron chi connectivity index (χ3n) is 6.84. The number of ether oxygens (including phenoxy) is 2. The molecule has 4 rings (SSSR count). The SMILES string of the molecule is C[C@@H]1CN(C(=O)/C(N)=C2\CCCC2=NCC(=O)N2CCC(Oc3cc(F)ccc3F)CC2)C[C@H](C)O1. The van der Waals surface area contributed by atoms with E-state index >= 15 is 0 Å². The lowest BCUT2D eigenvalue weighted by atomic mass is 10.1. The van der Waals surface area contributed by atoms with Crippen LogP contribution >= 0.6 is 0 Å². The molecule has 1 aromatic carbocycles. The van der Waals surface area contributed by atoms with Crippen LogP contribution in [0.15, 0.2) is 34.5 Å². The van der Waals surface area contributed by atoms with Crippen LogP contribution < -0.4 is 10.5 Å². The van der Waals surface area contributed by atoms with Gasteiger partial charge in [0, 0.05) is 56.4 Å². The monoisotopic (exact) mass is 504 g/mol. The van der Waals surface area contributed by atoms with Gasteiger partial charge in [-0.15, -0.1) is 0 Å². The summed E-state index contributed by atoms with van der Waals surface area (Å²) in [4.78, 5) is 33.8. The number of likely N-dealkylation sites (tertiary alicyclic amines) is 1. The van der Waals surface area contributed by atoms with Gasteiger partial charge in [0.15, 0.2) is 11.6 Å². The molecule has 196 valence electrons. The largest absolute Gasteiger partial charge is 0.487 e. The number of hydrogen-bond acceptors (Lipinski definition) is 6. The van der Waals surface area contributed by atoms with E-state index < -0.39 is 11.6 Å². The van der Waals surface area contributed by atoms with Gasteiger partial charge in [0.05, 0.1) is 12.2 Å². The van der Waals surface area contributed by atoms with Crippen LogP contribution in [0.1, 0.15) is 46.0 Å². The van der Waals surface area contributed by atoms with Crippen LogP contribution in [0.2, 0.25) is 0 Å². The number of aliphatic imine (C=N–C) groups is 1. The zero-order valence-electron chi connectivity index (χ0n) is 20.8. The van der Waals surface area contributed by atoms with Crippen molar-refractivity contribution in [2.75, 3.05) is 32.7 Å². The third-order valence-corrected chi connectivity index (χ3v) is 6.84. The molecule has 10 heteroatoms. The van der Waals surface area contributed by atoms with Crippen LogP contribution in [0.4, 0.5) is 8.78 Å². The number of nitrogens with two attached hydrogens (primary N) is 1. The molecule has 2 aliphatic heterocycles. The minimum Gasteiger partial charge on any atom is -0.487 e. The summed E-state index contributed by atoms with van der Waals surface area (Å²) in [6.07, 6.45) is 2.83. The second kappa shape index (κ2) is 11.4. The first kappa shape index (κ1) is 26.1. The Morgan fingerprint density at radius 2 is 1.81 bits per heavy atom. The molecule has 0 aromatic heterocycles. The summed E-state index contributed by atoms with van der Waals surface area (Å²) in [5, 5.41) is 0. The predicted octanol–water partition coefficient (Wildman–Crippen LogP) is 2.81. The van der Waals surface area contributed by atoms with E-state index in [1.807, 2.05) is 13.8 Å². The number of benzene rings is 1. The minimum absolute atomic E-state index is 0.0179. The second-order valence-electron chi connectivity index (χ2n) is 9.75. The number of halogens is 2. The van der Waals surface area contributed by atoms with Gasteiger partial charge < -0.3 is 25.0 Å². The van der Waals surface area contributed by atoms with E-state index in [-0.39, 0.29) is 48.1 Å². The highest BCUT2D eigenvalue weighted by Crippen LogP contribution is 2.26. The summed E-state index contributed by atoms with van der Waals surface area (Å²) >= 11 is 0. The number of carbonyl (C=O) groups is 2. The van der Waals surface area contributed by atoms with E-state index in [2.05, 4.69) is 4.99 Å². The molecular weight excluding hydrogens is 470 g/mol. The van der Waals surface area contributed by atoms with E-state index in [1.54, 1.807) is 9.80 Å². The Morgan fingerprint density at radius 1 is 1.11 bits per heavy atom. The first-order valence-electron chi connectivity index (χ1n) is 12.6. The number of morpholine rings is 1. The van der Waals surface area contributed by atoms with Crippen molar-refractivity contribution in [1.29, 1.82) is 0 Å². The average molecular weight is 505 g/mol. The highest BCUT2D eigenvalue weighted by molar-refractivity contribution is 6.09. The van der Waals surface area contributed by atoms with Crippen molar-refractivity contribution in [1.82, 2.24) is 9.80 Å². The fourth-order valence-corrected chi connectivity index (χ4v) is 5.07. The lowest BCUT2D eigenvalue weighted by Gasteiger charge is -2.35. The number of amides is 2. The quantitative estimate of drug-likeness (QED) is 0.622. The molecule has 2 heterocycles. The van der Waals surface area contributed by atoms with Crippen molar-refractivity contribution in [3.8, 4) is 5.75 Å². The Hall–Kier alpha value is -3.01. The minimum atomic E-state index is -0.610. The molecule has 2 amide bonds. The van der Waals surface area contributed by atoms with Gasteiger partial charge in [0.25, 0.3) is 5.91 Å². The van der Waals surface area contributed by atoms with E-state index in [0.29, 0.717) is 51.9 Å². The van der Waals surface area contributed by atoms with Gasteiger partial charge in [-0.05, 0) is 45.2 Å². The maximum absolute atomic E-state index is 13.8. The molecule has 3 fully saturated rings. The summed E-state index contributed by atoms with van der Waals surface area (Å²) in [5.41, 5.74) is 7.97. The highest BCUT2D eigenvalue weighted by Gasteiger charge is 2.30. The van der Waals surface area contributed by atoms with Crippen LogP contribution in [-0.2, 0) is 14.3 Å². The van der Waals surface area contributed by atoms with Crippen molar-refractivity contribution < 1.29 is 27.8 Å². The average Bonchev–Trinajstić information content (AvgIpc) is 3.32. The first-order chi connectivity index (χ1) is 17.2. The predicted molar refractivity (Wildman–Crippen MR) is 131 cm³/mol. The van der Waals surface area contributed by atoms with E-state index in [4.69, 9.17) is 15.2 Å². The topological polar surface area (TPSA) is 97.5 Å². The Bertz CT molecular complexity index is 1040. The molecule has 2 atom stereocenters. The van der Waals surface area contributed by atoms with Gasteiger partial charge >= 0.3 is 0 Å². The molecular formula is C26H34F2N4O4. The lowest BCUT2D eigenvalue weighted by Crippen LogP contribution is -2.49. The summed E-state index contributed by atoms with van der Waals surface area (Å²) in [6.45, 7) is 5.73. The van der Waals surface area contributed by atoms with Gasteiger partial charge in [-0.2, -0.15) is 0 Å². The zero-order valence-corrected chi connectivity index (χ0v) is 20.8. The third kappa shape index (κ3) is 6.21. The number of rotatable bonds is 5. The van der Waals surface area contributed by atoms with Crippen LogP contribution in [-0.4, -0.2) is 78.4 Å². The number of nitrogens with zero attached hydrogens (tertiary/aromatic N) is 3. The molecule has 2 saturated heterocycles. The molecule has 0 radical (unpaired) electrons. The van der Waals surface area contributed by atoms with E-state index in [1.165, 1.54) is 0 Å². The fraction of sp³-hybridized carbons (Fsp3) is 0.577. The van der Waals surface area contributed by atoms with Crippen molar-refractivity contribution in [2.45, 2.75) is 64.3 Å². The van der Waals surface area contributed by atoms with Crippen LogP contribution in [0.3, 0.4) is 0 Å². The molecule has 8 nitrogen and oxygen atoms in total. The normalized spacial score (nSPS) is 25.8. The first-order valence-corrected chi connectivity index (χ1v) is 12.6. The Balaban J connectivity index is 1.32. The van der Waals surface area contributed by atoms with Crippen molar-refractivity contribution in [2.24, 2.45) is 10.7 Å². The smallest absolute Gasteiger partial charge is 0.270 e. The second-order valence-corrected chi connectivity index (χ2v) is 9.75. The summed E-state index contributed by atoms with van der Waals surface area (Å²) < 4.78 is 38.5. The maximum atomic E-state index is 13.8. The van der Waals surface area contributed by atoms with Crippen molar-refractivity contribution in [3.63, 3.8) is 0 Å². The van der Waals surface area contributed by atoms with Gasteiger partial charge in [-0.3, -0.25) is 14.6 Å². The summed E-state index contributed by atoms with van der Waals surface area (Å²) in [5.74, 6) is -1.61. The van der Waals surface area contributed by atoms with E-state index in [0.717, 1.165) is 35.9 Å². The molecule has 1 aromatic rings. The molecule has 1 saturated carbocycles. The number of piperidine rings is 1. The Labute approximate surface area is 210 Å². The molecule has 36 heavy (non-hydrogen) atoms. The zero-order chi connectivity index (χ0) is 25.8. The molecule has 0 bridgehead atoms. The van der Waals surface area contributed by atoms with Gasteiger partial charge in [0.2, 0.25) is 5.91 Å². The Kier molecular flexibility index (Phi) is 8.23. The van der Waals surface area contributed by atoms with Gasteiger partial charge in [-0.1, -0.05) is 0 Å². The van der Waals surface area contributed by atoms with Crippen molar-refractivity contribution in [3.05, 3.63) is 41.1 Å². The summed E-state index contributed by atoms with van der Waals surface area (Å²) in [6, 6.07) is 3.12. The number of allylic oxidation sites excluding steroid dienone is 1. The van der Waals surface area contributed by atoms with Crippen LogP contribution in [0.25, 0.3) is 0 Å².